The van der Waals surface area contributed by atoms with Crippen molar-refractivity contribution in [2.24, 2.45) is 0 Å². The number of rotatable bonds is 4. The van der Waals surface area contributed by atoms with E-state index in [-0.39, 0.29) is 0 Å². The number of nitrogens with zero attached hydrogens (tertiary/aromatic N) is 2. The van der Waals surface area contributed by atoms with Crippen molar-refractivity contribution in [3.05, 3.63) is 47.2 Å². The highest BCUT2D eigenvalue weighted by atomic mass is 32.1. The van der Waals surface area contributed by atoms with Gasteiger partial charge in [-0.25, -0.2) is 0 Å². The maximum Gasteiger partial charge on any atom is 0.0791 e. The summed E-state index contributed by atoms with van der Waals surface area (Å²) in [5, 5.41) is 1.93. The Morgan fingerprint density at radius 2 is 2.12 bits per heavy atom. The van der Waals surface area contributed by atoms with Gasteiger partial charge in [0.25, 0.3) is 0 Å². The van der Waals surface area contributed by atoms with Crippen molar-refractivity contribution < 1.29 is 0 Å². The van der Waals surface area contributed by atoms with E-state index in [0.29, 0.717) is 0 Å². The Kier molecular flexibility index (Phi) is 7.26. The lowest BCUT2D eigenvalue weighted by molar-refractivity contribution is 0.707. The molecule has 2 rings (SSSR count). The van der Waals surface area contributed by atoms with Gasteiger partial charge in [0.2, 0.25) is 0 Å². The third-order valence-electron chi connectivity index (χ3n) is 2.11. The van der Waals surface area contributed by atoms with Gasteiger partial charge in [-0.15, -0.1) is 11.3 Å². The van der Waals surface area contributed by atoms with Crippen LogP contribution >= 0.6 is 11.3 Å². The molecule has 0 atom stereocenters. The molecule has 2 heterocycles. The van der Waals surface area contributed by atoms with Crippen molar-refractivity contribution in [1.29, 1.82) is 0 Å². The van der Waals surface area contributed by atoms with Gasteiger partial charge in [-0.3, -0.25) is 9.97 Å². The first-order valence-electron chi connectivity index (χ1n) is 5.65. The van der Waals surface area contributed by atoms with Crippen LogP contribution < -0.4 is 0 Å². The van der Waals surface area contributed by atoms with Crippen molar-refractivity contribution in [1.82, 2.24) is 9.97 Å². The maximum absolute atomic E-state index is 4.25. The summed E-state index contributed by atoms with van der Waals surface area (Å²) in [4.78, 5) is 7.99. The summed E-state index contributed by atoms with van der Waals surface area (Å²) in [5.41, 5.74) is 3.01. The van der Waals surface area contributed by atoms with Crippen LogP contribution in [0.1, 0.15) is 31.9 Å². The van der Waals surface area contributed by atoms with Crippen molar-refractivity contribution in [3.63, 3.8) is 0 Å². The molecule has 0 bridgehead atoms. The van der Waals surface area contributed by atoms with Crippen LogP contribution in [0.5, 0.6) is 0 Å². The first-order valence-corrected chi connectivity index (χ1v) is 6.60. The minimum Gasteiger partial charge on any atom is -0.261 e. The topological polar surface area (TPSA) is 25.8 Å². The Morgan fingerprint density at radius 3 is 2.62 bits per heavy atom. The Labute approximate surface area is 101 Å². The van der Waals surface area contributed by atoms with E-state index in [1.165, 1.54) is 25.0 Å². The van der Waals surface area contributed by atoms with Crippen molar-refractivity contribution in [3.8, 4) is 0 Å². The Bertz CT molecular complexity index is 315. The van der Waals surface area contributed by atoms with E-state index in [1.807, 2.05) is 23.7 Å². The number of thiazole rings is 1. The molecule has 0 unspecified atom stereocenters. The van der Waals surface area contributed by atoms with E-state index in [1.54, 1.807) is 23.0 Å². The molecule has 2 aromatic heterocycles. The third-order valence-corrected chi connectivity index (χ3v) is 2.63. The monoisotopic (exact) mass is 234 g/mol. The lowest BCUT2D eigenvalue weighted by Gasteiger charge is -1.97. The highest BCUT2D eigenvalue weighted by Gasteiger charge is 1.90. The Hall–Kier alpha value is -1.22. The van der Waals surface area contributed by atoms with E-state index < -0.39 is 0 Å². The predicted molar refractivity (Wildman–Crippen MR) is 69.6 cm³/mol. The maximum atomic E-state index is 4.25. The molecule has 16 heavy (non-hydrogen) atoms. The Morgan fingerprint density at radius 1 is 1.19 bits per heavy atom. The first kappa shape index (κ1) is 12.8. The molecule has 0 radical (unpaired) electrons. The number of unbranched alkanes of at least 4 members (excludes halogenated alkanes) is 2. The fourth-order valence-electron chi connectivity index (χ4n) is 1.28. The van der Waals surface area contributed by atoms with Crippen molar-refractivity contribution in [2.45, 2.75) is 32.6 Å². The van der Waals surface area contributed by atoms with Crippen LogP contribution in [0, 0.1) is 0 Å². The SMILES string of the molecule is CCCCCc1ccccn1.c1cscn1. The van der Waals surface area contributed by atoms with Crippen LogP contribution in [-0.2, 0) is 6.42 Å². The standard InChI is InChI=1S/C10H15N.C3H3NS/c1-2-3-4-7-10-8-5-6-9-11-10;1-2-5-3-4-1/h5-6,8-9H,2-4,7H2,1H3;1-3H. The zero-order chi connectivity index (χ0) is 11.5. The molecule has 0 aliphatic rings. The normalized spacial score (nSPS) is 9.31. The minimum absolute atomic E-state index is 1.13. The second-order valence-corrected chi connectivity index (χ2v) is 4.21. The van der Waals surface area contributed by atoms with Crippen molar-refractivity contribution >= 4 is 11.3 Å². The predicted octanol–water partition coefficient (Wildman–Crippen LogP) is 3.96. The molecule has 86 valence electrons. The van der Waals surface area contributed by atoms with E-state index in [9.17, 15) is 0 Å². The van der Waals surface area contributed by atoms with E-state index in [0.717, 1.165) is 6.42 Å². The average Bonchev–Trinajstić information content (AvgIpc) is 2.90. The quantitative estimate of drug-likeness (QED) is 0.748. The number of pyridine rings is 1. The van der Waals surface area contributed by atoms with Gasteiger partial charge >= 0.3 is 0 Å². The summed E-state index contributed by atoms with van der Waals surface area (Å²) < 4.78 is 0. The molecule has 0 aromatic carbocycles. The van der Waals surface area contributed by atoms with Gasteiger partial charge in [0.1, 0.15) is 0 Å². The largest absolute Gasteiger partial charge is 0.261 e. The summed E-state index contributed by atoms with van der Waals surface area (Å²) in [5.74, 6) is 0. The number of aromatic nitrogens is 2. The summed E-state index contributed by atoms with van der Waals surface area (Å²) in [6, 6.07) is 6.10. The summed E-state index contributed by atoms with van der Waals surface area (Å²) in [6.07, 6.45) is 8.64. The number of hydrogen-bond donors (Lipinski definition) is 0. The van der Waals surface area contributed by atoms with E-state index in [4.69, 9.17) is 0 Å². The smallest absolute Gasteiger partial charge is 0.0791 e. The highest BCUT2D eigenvalue weighted by Crippen LogP contribution is 2.02. The van der Waals surface area contributed by atoms with Crippen LogP contribution in [0.4, 0.5) is 0 Å². The molecular formula is C13H18N2S. The Balaban J connectivity index is 0.000000212. The number of hydrogen-bond acceptors (Lipinski definition) is 3. The molecule has 0 fully saturated rings. The lowest BCUT2D eigenvalue weighted by Crippen LogP contribution is -1.87. The van der Waals surface area contributed by atoms with Crippen LogP contribution in [0.2, 0.25) is 0 Å². The minimum atomic E-state index is 1.13. The van der Waals surface area contributed by atoms with E-state index in [2.05, 4.69) is 23.0 Å². The van der Waals surface area contributed by atoms with Crippen LogP contribution in [-0.4, -0.2) is 9.97 Å². The zero-order valence-corrected chi connectivity index (χ0v) is 10.5. The fourth-order valence-corrected chi connectivity index (χ4v) is 1.63. The van der Waals surface area contributed by atoms with Crippen LogP contribution in [0.25, 0.3) is 0 Å². The molecule has 0 N–H and O–H groups in total. The van der Waals surface area contributed by atoms with Crippen LogP contribution in [0.3, 0.4) is 0 Å². The summed E-state index contributed by atoms with van der Waals surface area (Å²) in [6.45, 7) is 2.22. The van der Waals surface area contributed by atoms with Gasteiger partial charge in [-0.1, -0.05) is 25.8 Å². The van der Waals surface area contributed by atoms with E-state index >= 15 is 0 Å². The van der Waals surface area contributed by atoms with Gasteiger partial charge < -0.3 is 0 Å². The molecule has 0 saturated heterocycles. The molecular weight excluding hydrogens is 216 g/mol. The zero-order valence-electron chi connectivity index (χ0n) is 9.67. The van der Waals surface area contributed by atoms with Gasteiger partial charge in [0.15, 0.2) is 0 Å². The second-order valence-electron chi connectivity index (χ2n) is 3.45. The molecule has 3 heteroatoms. The summed E-state index contributed by atoms with van der Waals surface area (Å²) >= 11 is 1.60. The molecule has 0 saturated carbocycles. The van der Waals surface area contributed by atoms with Gasteiger partial charge in [-0.2, -0.15) is 0 Å². The number of aryl methyl sites for hydroxylation is 1. The highest BCUT2D eigenvalue weighted by molar-refractivity contribution is 7.07. The molecule has 0 aliphatic carbocycles. The fraction of sp³-hybridized carbons (Fsp3) is 0.385. The summed E-state index contributed by atoms with van der Waals surface area (Å²) in [7, 11) is 0. The molecule has 0 amide bonds. The average molecular weight is 234 g/mol. The molecule has 2 nitrogen and oxygen atoms in total. The molecule has 0 aliphatic heterocycles. The lowest BCUT2D eigenvalue weighted by atomic mass is 10.1. The van der Waals surface area contributed by atoms with Gasteiger partial charge in [0.05, 0.1) is 5.51 Å². The van der Waals surface area contributed by atoms with Crippen molar-refractivity contribution in [2.75, 3.05) is 0 Å². The third kappa shape index (κ3) is 6.30. The van der Waals surface area contributed by atoms with Crippen LogP contribution in [0.15, 0.2) is 41.5 Å². The second kappa shape index (κ2) is 9.04. The van der Waals surface area contributed by atoms with Gasteiger partial charge in [-0.05, 0) is 25.0 Å². The molecule has 0 spiro atoms. The molecule has 2 aromatic rings. The van der Waals surface area contributed by atoms with Gasteiger partial charge in [0, 0.05) is 23.5 Å². The first-order chi connectivity index (χ1) is 7.93.